The normalized spacial score (nSPS) is 20.0. The second kappa shape index (κ2) is 7.68. The number of imide groups is 1. The van der Waals surface area contributed by atoms with Crippen LogP contribution < -0.4 is 5.32 Å². The molecule has 0 unspecified atom stereocenters. The molecule has 142 valence electrons. The van der Waals surface area contributed by atoms with Crippen LogP contribution >= 0.6 is 0 Å². The topological polar surface area (TPSA) is 90.0 Å². The third-order valence-electron chi connectivity index (χ3n) is 4.52. The van der Waals surface area contributed by atoms with Crippen LogP contribution in [0.2, 0.25) is 0 Å². The van der Waals surface area contributed by atoms with Gasteiger partial charge in [-0.05, 0) is 37.2 Å². The number of halogens is 1. The Morgan fingerprint density at radius 2 is 1.81 bits per heavy atom. The Balaban J connectivity index is 1.61. The van der Waals surface area contributed by atoms with Gasteiger partial charge in [-0.1, -0.05) is 0 Å². The van der Waals surface area contributed by atoms with Crippen LogP contribution in [-0.4, -0.2) is 80.3 Å². The van der Waals surface area contributed by atoms with Crippen molar-refractivity contribution in [1.29, 1.82) is 0 Å². The second-order valence-corrected chi connectivity index (χ2v) is 8.20. The van der Waals surface area contributed by atoms with E-state index in [1.54, 1.807) is 0 Å². The van der Waals surface area contributed by atoms with Gasteiger partial charge in [0.1, 0.15) is 5.82 Å². The molecule has 2 heterocycles. The largest absolute Gasteiger partial charge is 0.336 e. The molecule has 8 nitrogen and oxygen atoms in total. The molecule has 2 aliphatic rings. The van der Waals surface area contributed by atoms with Crippen molar-refractivity contribution in [2.24, 2.45) is 0 Å². The molecule has 0 bridgehead atoms. The van der Waals surface area contributed by atoms with Crippen LogP contribution in [0.3, 0.4) is 0 Å². The minimum Gasteiger partial charge on any atom is -0.336 e. The van der Waals surface area contributed by atoms with Crippen LogP contribution in [0, 0.1) is 5.82 Å². The summed E-state index contributed by atoms with van der Waals surface area (Å²) in [5, 5.41) is 2.58. The van der Waals surface area contributed by atoms with E-state index in [0.717, 1.165) is 12.1 Å². The fraction of sp³-hybridized carbons (Fsp3) is 0.500. The molecule has 1 N–H and O–H groups in total. The molecule has 0 aromatic heterocycles. The molecule has 0 aliphatic carbocycles. The number of hydrogen-bond acceptors (Lipinski definition) is 5. The lowest BCUT2D eigenvalue weighted by atomic mass is 10.3. The molecule has 2 fully saturated rings. The predicted molar refractivity (Wildman–Crippen MR) is 91.3 cm³/mol. The van der Waals surface area contributed by atoms with Crippen LogP contribution in [0.15, 0.2) is 29.2 Å². The Bertz CT molecular complexity index is 784. The maximum atomic E-state index is 13.0. The Labute approximate surface area is 151 Å². The highest BCUT2D eigenvalue weighted by atomic mass is 32.2. The number of carbonyl (C=O) groups is 2. The molecular formula is C16H21FN4O4S. The first-order valence-corrected chi connectivity index (χ1v) is 9.88. The van der Waals surface area contributed by atoms with E-state index in [-0.39, 0.29) is 29.9 Å². The van der Waals surface area contributed by atoms with E-state index in [1.165, 1.54) is 21.3 Å². The van der Waals surface area contributed by atoms with Crippen molar-refractivity contribution in [3.63, 3.8) is 0 Å². The van der Waals surface area contributed by atoms with E-state index in [9.17, 15) is 22.4 Å². The zero-order valence-electron chi connectivity index (χ0n) is 14.2. The first kappa shape index (κ1) is 18.7. The monoisotopic (exact) mass is 384 g/mol. The van der Waals surface area contributed by atoms with E-state index >= 15 is 0 Å². The quantitative estimate of drug-likeness (QED) is 0.794. The number of hydrogen-bond donors (Lipinski definition) is 1. The summed E-state index contributed by atoms with van der Waals surface area (Å²) < 4.78 is 39.8. The smallest absolute Gasteiger partial charge is 0.324 e. The van der Waals surface area contributed by atoms with Crippen LogP contribution in [0.5, 0.6) is 0 Å². The highest BCUT2D eigenvalue weighted by molar-refractivity contribution is 7.89. The first-order valence-electron chi connectivity index (χ1n) is 8.44. The highest BCUT2D eigenvalue weighted by Gasteiger charge is 2.30. The lowest BCUT2D eigenvalue weighted by Crippen LogP contribution is -2.43. The van der Waals surface area contributed by atoms with Gasteiger partial charge in [0.25, 0.3) is 0 Å². The molecule has 0 atom stereocenters. The zero-order valence-corrected chi connectivity index (χ0v) is 15.0. The lowest BCUT2D eigenvalue weighted by Gasteiger charge is -2.22. The summed E-state index contributed by atoms with van der Waals surface area (Å²) in [4.78, 5) is 26.9. The molecule has 3 amide bonds. The SMILES string of the molecule is O=C(CN1CCCN(S(=O)(=O)c2ccc(F)cc2)CC1)N1CCNC1=O. The van der Waals surface area contributed by atoms with E-state index in [0.29, 0.717) is 39.1 Å². The van der Waals surface area contributed by atoms with Gasteiger partial charge < -0.3 is 5.32 Å². The van der Waals surface area contributed by atoms with Gasteiger partial charge in [0, 0.05) is 32.7 Å². The van der Waals surface area contributed by atoms with Gasteiger partial charge in [0.2, 0.25) is 15.9 Å². The number of sulfonamides is 1. The van der Waals surface area contributed by atoms with Crippen molar-refractivity contribution in [3.8, 4) is 0 Å². The van der Waals surface area contributed by atoms with E-state index in [1.807, 2.05) is 4.90 Å². The predicted octanol–water partition coefficient (Wildman–Crippen LogP) is 0.0739. The Hall–Kier alpha value is -2.04. The Kier molecular flexibility index (Phi) is 5.54. The number of carbonyl (C=O) groups excluding carboxylic acids is 2. The molecule has 26 heavy (non-hydrogen) atoms. The number of nitrogens with zero attached hydrogens (tertiary/aromatic N) is 3. The number of amides is 3. The van der Waals surface area contributed by atoms with Gasteiger partial charge in [-0.2, -0.15) is 4.31 Å². The summed E-state index contributed by atoms with van der Waals surface area (Å²) >= 11 is 0. The number of urea groups is 1. The summed E-state index contributed by atoms with van der Waals surface area (Å²) in [6.07, 6.45) is 0.569. The molecule has 1 aromatic rings. The van der Waals surface area contributed by atoms with Gasteiger partial charge in [-0.25, -0.2) is 17.6 Å². The molecule has 0 saturated carbocycles. The van der Waals surface area contributed by atoms with E-state index in [2.05, 4.69) is 5.32 Å². The third kappa shape index (κ3) is 4.02. The standard InChI is InChI=1S/C16H21FN4O4S/c17-13-2-4-14(5-3-13)26(24,25)20-8-1-7-19(10-11-20)12-15(22)21-9-6-18-16(21)23/h2-5H,1,6-12H2,(H,18,23). The van der Waals surface area contributed by atoms with Crippen molar-refractivity contribution in [3.05, 3.63) is 30.1 Å². The summed E-state index contributed by atoms with van der Waals surface area (Å²) in [5.41, 5.74) is 0. The minimum absolute atomic E-state index is 0.0529. The highest BCUT2D eigenvalue weighted by Crippen LogP contribution is 2.18. The number of benzene rings is 1. The molecule has 3 rings (SSSR count). The summed E-state index contributed by atoms with van der Waals surface area (Å²) in [6, 6.07) is 4.37. The average Bonchev–Trinajstić information content (AvgIpc) is 2.89. The number of nitrogens with one attached hydrogen (secondary N) is 1. The molecular weight excluding hydrogens is 363 g/mol. The molecule has 1 aromatic carbocycles. The van der Waals surface area contributed by atoms with Crippen LogP contribution in [0.4, 0.5) is 9.18 Å². The third-order valence-corrected chi connectivity index (χ3v) is 6.43. The molecule has 0 spiro atoms. The summed E-state index contributed by atoms with van der Waals surface area (Å²) in [6.45, 7) is 2.41. The van der Waals surface area contributed by atoms with Crippen LogP contribution in [0.25, 0.3) is 0 Å². The van der Waals surface area contributed by atoms with Crippen molar-refractivity contribution >= 4 is 22.0 Å². The maximum absolute atomic E-state index is 13.0. The maximum Gasteiger partial charge on any atom is 0.324 e. The molecule has 0 radical (unpaired) electrons. The van der Waals surface area contributed by atoms with Gasteiger partial charge >= 0.3 is 6.03 Å². The summed E-state index contributed by atoms with van der Waals surface area (Å²) in [5.74, 6) is -0.773. The van der Waals surface area contributed by atoms with Gasteiger partial charge in [0.15, 0.2) is 0 Å². The zero-order chi connectivity index (χ0) is 18.7. The molecule has 2 aliphatic heterocycles. The van der Waals surface area contributed by atoms with Crippen molar-refractivity contribution < 1.29 is 22.4 Å². The van der Waals surface area contributed by atoms with Gasteiger partial charge in [0.05, 0.1) is 11.4 Å². The van der Waals surface area contributed by atoms with Crippen molar-refractivity contribution in [2.75, 3.05) is 45.8 Å². The summed E-state index contributed by atoms with van der Waals surface area (Å²) in [7, 11) is -3.70. The van der Waals surface area contributed by atoms with Gasteiger partial charge in [-0.3, -0.25) is 14.6 Å². The van der Waals surface area contributed by atoms with E-state index in [4.69, 9.17) is 0 Å². The Morgan fingerprint density at radius 3 is 2.46 bits per heavy atom. The lowest BCUT2D eigenvalue weighted by molar-refractivity contribution is -0.128. The second-order valence-electron chi connectivity index (χ2n) is 6.27. The van der Waals surface area contributed by atoms with Gasteiger partial charge in [-0.15, -0.1) is 0 Å². The van der Waals surface area contributed by atoms with Crippen LogP contribution in [0.1, 0.15) is 6.42 Å². The fourth-order valence-electron chi connectivity index (χ4n) is 3.09. The van der Waals surface area contributed by atoms with Crippen LogP contribution in [-0.2, 0) is 14.8 Å². The fourth-order valence-corrected chi connectivity index (χ4v) is 4.56. The Morgan fingerprint density at radius 1 is 1.08 bits per heavy atom. The first-order chi connectivity index (χ1) is 12.4. The number of rotatable bonds is 4. The van der Waals surface area contributed by atoms with Crippen molar-refractivity contribution in [2.45, 2.75) is 11.3 Å². The molecule has 2 saturated heterocycles. The van der Waals surface area contributed by atoms with E-state index < -0.39 is 15.8 Å². The molecule has 10 heteroatoms. The minimum atomic E-state index is -3.70. The average molecular weight is 384 g/mol. The van der Waals surface area contributed by atoms with Crippen molar-refractivity contribution in [1.82, 2.24) is 19.4 Å².